The lowest BCUT2D eigenvalue weighted by molar-refractivity contribution is -0.183. The van der Waals surface area contributed by atoms with Crippen molar-refractivity contribution in [2.75, 3.05) is 7.11 Å². The minimum Gasteiger partial charge on any atom is -0.393 e. The van der Waals surface area contributed by atoms with Crippen molar-refractivity contribution in [3.05, 3.63) is 23.3 Å². The maximum atomic E-state index is 10.8. The average Bonchev–Trinajstić information content (AvgIpc) is 3.33. The molecule has 1 heterocycles. The van der Waals surface area contributed by atoms with Gasteiger partial charge in [0, 0.05) is 13.0 Å². The van der Waals surface area contributed by atoms with Gasteiger partial charge in [0.05, 0.1) is 17.8 Å². The molecule has 0 aromatic heterocycles. The van der Waals surface area contributed by atoms with E-state index in [1.54, 1.807) is 32.1 Å². The van der Waals surface area contributed by atoms with Crippen LogP contribution in [0.1, 0.15) is 93.4 Å². The third kappa shape index (κ3) is 3.52. The van der Waals surface area contributed by atoms with Crippen LogP contribution in [-0.4, -0.2) is 52.6 Å². The van der Waals surface area contributed by atoms with E-state index in [9.17, 15) is 15.3 Å². The molecular formula is C31H50O5. The van der Waals surface area contributed by atoms with Crippen molar-refractivity contribution in [2.45, 2.75) is 124 Å². The molecule has 0 aromatic rings. The molecular weight excluding hydrogens is 452 g/mol. The number of aliphatic hydroxyl groups is 3. The van der Waals surface area contributed by atoms with Gasteiger partial charge in [0.2, 0.25) is 0 Å². The number of ether oxygens (including phenoxy) is 2. The van der Waals surface area contributed by atoms with Crippen LogP contribution in [0.2, 0.25) is 0 Å². The number of hydrogen-bond acceptors (Lipinski definition) is 5. The molecule has 0 spiro atoms. The number of hydrogen-bond donors (Lipinski definition) is 3. The van der Waals surface area contributed by atoms with E-state index < -0.39 is 17.8 Å². The van der Waals surface area contributed by atoms with E-state index in [2.05, 4.69) is 46.8 Å². The Morgan fingerprint density at radius 1 is 1.06 bits per heavy atom. The van der Waals surface area contributed by atoms with Gasteiger partial charge in [0.1, 0.15) is 6.10 Å². The second-order valence-electron chi connectivity index (χ2n) is 14.7. The Morgan fingerprint density at radius 3 is 2.39 bits per heavy atom. The smallest absolute Gasteiger partial charge is 0.160 e. The quantitative estimate of drug-likeness (QED) is 0.481. The van der Waals surface area contributed by atoms with Crippen molar-refractivity contribution in [1.29, 1.82) is 0 Å². The number of aliphatic hydroxyl groups excluding tert-OH is 2. The fraction of sp³-hybridized carbons (Fsp3) is 0.871. The van der Waals surface area contributed by atoms with Crippen LogP contribution in [0.3, 0.4) is 0 Å². The van der Waals surface area contributed by atoms with E-state index in [4.69, 9.17) is 9.47 Å². The molecule has 2 saturated carbocycles. The molecule has 4 aliphatic carbocycles. The second-order valence-corrected chi connectivity index (χ2v) is 14.7. The van der Waals surface area contributed by atoms with Crippen LogP contribution >= 0.6 is 0 Å². The molecule has 0 unspecified atom stereocenters. The third-order valence-electron chi connectivity index (χ3n) is 12.3. The summed E-state index contributed by atoms with van der Waals surface area (Å²) in [7, 11) is 1.70. The number of methoxy groups -OCH3 is 1. The zero-order chi connectivity index (χ0) is 26.5. The predicted molar refractivity (Wildman–Crippen MR) is 141 cm³/mol. The summed E-state index contributed by atoms with van der Waals surface area (Å²) in [5.41, 5.74) is 2.10. The van der Waals surface area contributed by atoms with Crippen LogP contribution in [0.5, 0.6) is 0 Å². The summed E-state index contributed by atoms with van der Waals surface area (Å²) in [6.07, 6.45) is 10.1. The molecule has 5 aliphatic rings. The Morgan fingerprint density at radius 2 is 1.75 bits per heavy atom. The van der Waals surface area contributed by atoms with Crippen molar-refractivity contribution < 1.29 is 24.8 Å². The lowest BCUT2D eigenvalue weighted by atomic mass is 9.44. The Kier molecular flexibility index (Phi) is 6.26. The van der Waals surface area contributed by atoms with Crippen LogP contribution in [0.25, 0.3) is 0 Å². The normalized spacial score (nSPS) is 49.0. The van der Waals surface area contributed by atoms with E-state index in [-0.39, 0.29) is 40.0 Å². The number of allylic oxidation sites excluding steroid dienone is 4. The fourth-order valence-corrected chi connectivity index (χ4v) is 9.67. The Bertz CT molecular complexity index is 945. The molecule has 5 rings (SSSR count). The summed E-state index contributed by atoms with van der Waals surface area (Å²) in [5, 5.41) is 32.1. The summed E-state index contributed by atoms with van der Waals surface area (Å²) >= 11 is 0. The molecule has 0 aromatic carbocycles. The van der Waals surface area contributed by atoms with Gasteiger partial charge in [-0.05, 0) is 103 Å². The summed E-state index contributed by atoms with van der Waals surface area (Å²) < 4.78 is 12.1. The van der Waals surface area contributed by atoms with Gasteiger partial charge in [0.25, 0.3) is 0 Å². The standard InChI is InChI=1S/C31H50O5/c1-27(2)23-10-9-21-20(29(23,5)14-13-24(27)32)12-16-30(6)19(11-15-31(21,30)7)18-17-22(36-26(18)35-8)25(33)28(3,4)34/h9,12,18-19,22-26,32-34H,10-11,13-17H2,1-8H3/t18-,19-,22+,23-,24-,25-,26+,29+,30-,31+/m0/s1. The summed E-state index contributed by atoms with van der Waals surface area (Å²) in [5.74, 6) is 1.06. The van der Waals surface area contributed by atoms with Crippen molar-refractivity contribution >= 4 is 0 Å². The van der Waals surface area contributed by atoms with Gasteiger partial charge in [-0.25, -0.2) is 0 Å². The van der Waals surface area contributed by atoms with Gasteiger partial charge in [-0.1, -0.05) is 46.8 Å². The molecule has 3 N–H and O–H groups in total. The third-order valence-corrected chi connectivity index (χ3v) is 12.3. The second kappa shape index (κ2) is 8.39. The summed E-state index contributed by atoms with van der Waals surface area (Å²) in [6, 6.07) is 0. The lowest BCUT2D eigenvalue weighted by Gasteiger charge is -2.61. The van der Waals surface area contributed by atoms with Gasteiger partial charge >= 0.3 is 0 Å². The van der Waals surface area contributed by atoms with E-state index >= 15 is 0 Å². The Hall–Kier alpha value is -0.720. The van der Waals surface area contributed by atoms with Crippen molar-refractivity contribution in [3.63, 3.8) is 0 Å². The topological polar surface area (TPSA) is 79.2 Å². The predicted octanol–water partition coefficient (Wildman–Crippen LogP) is 5.38. The monoisotopic (exact) mass is 502 g/mol. The largest absolute Gasteiger partial charge is 0.393 e. The molecule has 0 amide bonds. The van der Waals surface area contributed by atoms with E-state index in [1.807, 2.05) is 0 Å². The lowest BCUT2D eigenvalue weighted by Crippen LogP contribution is -2.54. The highest BCUT2D eigenvalue weighted by Gasteiger charge is 2.65. The van der Waals surface area contributed by atoms with Crippen molar-refractivity contribution in [1.82, 2.24) is 0 Å². The van der Waals surface area contributed by atoms with Crippen molar-refractivity contribution in [2.24, 2.45) is 39.4 Å². The Balaban J connectivity index is 1.47. The maximum Gasteiger partial charge on any atom is 0.160 e. The first kappa shape index (κ1) is 26.9. The zero-order valence-corrected chi connectivity index (χ0v) is 23.8. The van der Waals surface area contributed by atoms with Crippen LogP contribution < -0.4 is 0 Å². The highest BCUT2D eigenvalue weighted by Crippen LogP contribution is 2.72. The van der Waals surface area contributed by atoms with E-state index in [1.165, 1.54) is 0 Å². The molecule has 10 atom stereocenters. The number of fused-ring (bicyclic) bond motifs is 5. The summed E-state index contributed by atoms with van der Waals surface area (Å²) in [4.78, 5) is 0. The highest BCUT2D eigenvalue weighted by molar-refractivity contribution is 5.50. The molecule has 0 radical (unpaired) electrons. The molecule has 3 fully saturated rings. The maximum absolute atomic E-state index is 10.8. The molecule has 204 valence electrons. The van der Waals surface area contributed by atoms with Gasteiger partial charge in [-0.3, -0.25) is 0 Å². The minimum absolute atomic E-state index is 0.0780. The molecule has 5 heteroatoms. The van der Waals surface area contributed by atoms with Crippen LogP contribution in [0, 0.1) is 39.4 Å². The first-order valence-electron chi connectivity index (χ1n) is 14.3. The summed E-state index contributed by atoms with van der Waals surface area (Å²) in [6.45, 7) is 15.3. The molecule has 1 aliphatic heterocycles. The van der Waals surface area contributed by atoms with Crippen LogP contribution in [0.4, 0.5) is 0 Å². The first-order chi connectivity index (χ1) is 16.6. The average molecular weight is 503 g/mol. The minimum atomic E-state index is -1.21. The van der Waals surface area contributed by atoms with Gasteiger partial charge in [0.15, 0.2) is 6.29 Å². The number of rotatable bonds is 4. The van der Waals surface area contributed by atoms with Crippen LogP contribution in [-0.2, 0) is 9.47 Å². The molecule has 36 heavy (non-hydrogen) atoms. The van der Waals surface area contributed by atoms with Gasteiger partial charge in [-0.15, -0.1) is 0 Å². The van der Waals surface area contributed by atoms with Gasteiger partial charge < -0.3 is 24.8 Å². The Labute approximate surface area is 218 Å². The van der Waals surface area contributed by atoms with E-state index in [0.717, 1.165) is 38.5 Å². The molecule has 5 nitrogen and oxygen atoms in total. The van der Waals surface area contributed by atoms with Crippen molar-refractivity contribution in [3.8, 4) is 0 Å². The SMILES string of the molecule is CO[C@@H]1O[C@@H]([C@H](O)C(C)(C)O)C[C@H]1[C@@H]1CC[C@]2(C)C3=CC[C@H]4C(C)(C)[C@@H](O)CC[C@]4(C)C3=CC[C@@]12C. The molecule has 0 bridgehead atoms. The van der Waals surface area contributed by atoms with Gasteiger partial charge in [-0.2, -0.15) is 0 Å². The van der Waals surface area contributed by atoms with E-state index in [0.29, 0.717) is 18.3 Å². The fourth-order valence-electron chi connectivity index (χ4n) is 9.67. The first-order valence-corrected chi connectivity index (χ1v) is 14.3. The highest BCUT2D eigenvalue weighted by atomic mass is 16.7. The molecule has 1 saturated heterocycles. The zero-order valence-electron chi connectivity index (χ0n) is 23.8. The van der Waals surface area contributed by atoms with Crippen LogP contribution in [0.15, 0.2) is 23.3 Å².